The minimum atomic E-state index is -0.913. The van der Waals surface area contributed by atoms with Gasteiger partial charge in [-0.3, -0.25) is 5.43 Å². The first-order valence-electron chi connectivity index (χ1n) is 8.68. The van der Waals surface area contributed by atoms with Crippen LogP contribution in [0.5, 0.6) is 0 Å². The molecule has 2 aromatic rings. The van der Waals surface area contributed by atoms with Gasteiger partial charge in [0.15, 0.2) is 11.5 Å². The summed E-state index contributed by atoms with van der Waals surface area (Å²) in [5.41, 5.74) is 5.76. The normalized spacial score (nSPS) is 35.8. The average molecular weight is 321 g/mol. The summed E-state index contributed by atoms with van der Waals surface area (Å²) in [6, 6.07) is 10.2. The molecule has 2 aliphatic carbocycles. The number of anilines is 1. The number of fused-ring (bicyclic) bond motifs is 4. The quantitative estimate of drug-likeness (QED) is 0.845. The minimum Gasteiger partial charge on any atom is -0.368 e. The van der Waals surface area contributed by atoms with E-state index in [2.05, 4.69) is 44.9 Å². The van der Waals surface area contributed by atoms with Gasteiger partial charge < -0.3 is 5.11 Å². The van der Waals surface area contributed by atoms with E-state index >= 15 is 0 Å². The molecular formula is C20H23N3O. The molecule has 0 radical (unpaired) electrons. The number of aliphatic hydroxyl groups is 1. The van der Waals surface area contributed by atoms with Gasteiger partial charge in [-0.15, -0.1) is 0 Å². The maximum absolute atomic E-state index is 11.5. The fraction of sp³-hybridized carbons (Fsp3) is 0.450. The fourth-order valence-corrected chi connectivity index (χ4v) is 5.31. The zero-order valence-electron chi connectivity index (χ0n) is 14.4. The minimum absolute atomic E-state index is 0.0751. The van der Waals surface area contributed by atoms with E-state index in [1.54, 1.807) is 0 Å². The van der Waals surface area contributed by atoms with Gasteiger partial charge in [-0.2, -0.15) is 0 Å². The maximum Gasteiger partial charge on any atom is 0.166 e. The Hall–Kier alpha value is -2.07. The summed E-state index contributed by atoms with van der Waals surface area (Å²) >= 11 is 0. The van der Waals surface area contributed by atoms with Crippen LogP contribution in [0.1, 0.15) is 25.8 Å². The molecular weight excluding hydrogens is 298 g/mol. The third-order valence-corrected chi connectivity index (χ3v) is 6.67. The van der Waals surface area contributed by atoms with E-state index in [4.69, 9.17) is 4.98 Å². The smallest absolute Gasteiger partial charge is 0.166 e. The molecule has 4 heteroatoms. The van der Waals surface area contributed by atoms with E-state index in [9.17, 15) is 5.11 Å². The largest absolute Gasteiger partial charge is 0.368 e. The van der Waals surface area contributed by atoms with Crippen molar-refractivity contribution >= 4 is 16.7 Å². The van der Waals surface area contributed by atoms with Crippen LogP contribution in [0.25, 0.3) is 10.9 Å². The molecule has 2 N–H and O–H groups in total. The number of hydrazine groups is 1. The molecule has 0 bridgehead atoms. The summed E-state index contributed by atoms with van der Waals surface area (Å²) in [4.78, 5) is 4.80. The van der Waals surface area contributed by atoms with Gasteiger partial charge in [-0.1, -0.05) is 38.6 Å². The Kier molecular flexibility index (Phi) is 2.45. The predicted molar refractivity (Wildman–Crippen MR) is 95.1 cm³/mol. The van der Waals surface area contributed by atoms with Crippen LogP contribution in [0.15, 0.2) is 42.6 Å². The molecule has 0 spiro atoms. The molecule has 4 nitrogen and oxygen atoms in total. The van der Waals surface area contributed by atoms with Gasteiger partial charge >= 0.3 is 0 Å². The summed E-state index contributed by atoms with van der Waals surface area (Å²) in [6.45, 7) is 10.9. The molecule has 1 saturated heterocycles. The predicted octanol–water partition coefficient (Wildman–Crippen LogP) is 3.36. The highest BCUT2D eigenvalue weighted by atomic mass is 16.3. The molecule has 3 fully saturated rings. The summed E-state index contributed by atoms with van der Waals surface area (Å²) < 4.78 is 0. The van der Waals surface area contributed by atoms with Crippen molar-refractivity contribution in [3.63, 3.8) is 0 Å². The SMILES string of the molecule is C=C1NN(c2cc(C)c3ccccc3n2)C2(O)CC3C(C12)C3(C)C. The van der Waals surface area contributed by atoms with Crippen LogP contribution in [-0.2, 0) is 0 Å². The van der Waals surface area contributed by atoms with Crippen LogP contribution in [-0.4, -0.2) is 15.8 Å². The zero-order chi connectivity index (χ0) is 16.9. The van der Waals surface area contributed by atoms with Gasteiger partial charge in [-0.25, -0.2) is 9.99 Å². The number of para-hydroxylation sites is 1. The molecule has 124 valence electrons. The summed E-state index contributed by atoms with van der Waals surface area (Å²) in [6.07, 6.45) is 0.773. The second-order valence-corrected chi connectivity index (χ2v) is 8.30. The van der Waals surface area contributed by atoms with Gasteiger partial charge in [-0.05, 0) is 41.9 Å². The molecule has 0 amide bonds. The highest BCUT2D eigenvalue weighted by Crippen LogP contribution is 2.74. The van der Waals surface area contributed by atoms with E-state index in [1.807, 2.05) is 23.2 Å². The number of aromatic nitrogens is 1. The third-order valence-electron chi connectivity index (χ3n) is 6.67. The first-order valence-corrected chi connectivity index (χ1v) is 8.68. The summed E-state index contributed by atoms with van der Waals surface area (Å²) in [5.74, 6) is 1.92. The Balaban J connectivity index is 1.60. The second-order valence-electron chi connectivity index (χ2n) is 8.30. The number of rotatable bonds is 1. The highest BCUT2D eigenvalue weighted by molar-refractivity contribution is 5.84. The lowest BCUT2D eigenvalue weighted by Gasteiger charge is -2.36. The van der Waals surface area contributed by atoms with Crippen LogP contribution in [0.4, 0.5) is 5.82 Å². The van der Waals surface area contributed by atoms with Crippen molar-refractivity contribution in [3.8, 4) is 0 Å². The molecule has 1 aromatic heterocycles. The Morgan fingerprint density at radius 1 is 1.33 bits per heavy atom. The zero-order valence-corrected chi connectivity index (χ0v) is 14.4. The van der Waals surface area contributed by atoms with Crippen molar-refractivity contribution in [2.24, 2.45) is 23.2 Å². The number of aryl methyl sites for hydroxylation is 1. The van der Waals surface area contributed by atoms with Crippen molar-refractivity contribution in [2.45, 2.75) is 32.9 Å². The van der Waals surface area contributed by atoms with Crippen molar-refractivity contribution in [1.82, 2.24) is 10.4 Å². The Morgan fingerprint density at radius 3 is 2.88 bits per heavy atom. The van der Waals surface area contributed by atoms with Crippen LogP contribution in [0, 0.1) is 30.1 Å². The van der Waals surface area contributed by atoms with Gasteiger partial charge in [0.25, 0.3) is 0 Å². The first-order chi connectivity index (χ1) is 11.3. The maximum atomic E-state index is 11.5. The van der Waals surface area contributed by atoms with Gasteiger partial charge in [0.2, 0.25) is 0 Å². The number of nitrogens with one attached hydrogen (secondary N) is 1. The molecule has 4 atom stereocenters. The summed E-state index contributed by atoms with van der Waals surface area (Å²) in [5, 5.41) is 14.5. The van der Waals surface area contributed by atoms with Crippen molar-refractivity contribution < 1.29 is 5.11 Å². The van der Waals surface area contributed by atoms with E-state index in [1.165, 1.54) is 5.56 Å². The number of hydrogen-bond donors (Lipinski definition) is 2. The van der Waals surface area contributed by atoms with E-state index in [-0.39, 0.29) is 5.92 Å². The molecule has 2 saturated carbocycles. The second kappa shape index (κ2) is 4.12. The number of benzene rings is 1. The Bertz CT molecular complexity index is 890. The molecule has 2 heterocycles. The van der Waals surface area contributed by atoms with E-state index < -0.39 is 5.72 Å². The lowest BCUT2D eigenvalue weighted by atomic mass is 9.85. The Morgan fingerprint density at radius 2 is 2.08 bits per heavy atom. The lowest BCUT2D eigenvalue weighted by molar-refractivity contribution is 0.00308. The highest BCUT2D eigenvalue weighted by Gasteiger charge is 2.75. The monoisotopic (exact) mass is 321 g/mol. The molecule has 5 rings (SSSR count). The number of nitrogens with zero attached hydrogens (tertiary/aromatic N) is 2. The van der Waals surface area contributed by atoms with E-state index in [0.717, 1.165) is 28.8 Å². The molecule has 1 aromatic carbocycles. The van der Waals surface area contributed by atoms with Crippen LogP contribution in [0.3, 0.4) is 0 Å². The van der Waals surface area contributed by atoms with E-state index in [0.29, 0.717) is 17.3 Å². The van der Waals surface area contributed by atoms with Crippen LogP contribution >= 0.6 is 0 Å². The third kappa shape index (κ3) is 1.55. The van der Waals surface area contributed by atoms with Gasteiger partial charge in [0.05, 0.1) is 11.4 Å². The number of pyridine rings is 1. The molecule has 1 aliphatic heterocycles. The van der Waals surface area contributed by atoms with Crippen LogP contribution < -0.4 is 10.4 Å². The topological polar surface area (TPSA) is 48.4 Å². The summed E-state index contributed by atoms with van der Waals surface area (Å²) in [7, 11) is 0. The fourth-order valence-electron chi connectivity index (χ4n) is 5.31. The Labute approximate surface area is 142 Å². The first kappa shape index (κ1) is 14.3. The molecule has 3 aliphatic rings. The van der Waals surface area contributed by atoms with Crippen molar-refractivity contribution in [2.75, 3.05) is 5.01 Å². The average Bonchev–Trinajstić information content (AvgIpc) is 2.83. The van der Waals surface area contributed by atoms with Gasteiger partial charge in [0.1, 0.15) is 0 Å². The van der Waals surface area contributed by atoms with Crippen LogP contribution in [0.2, 0.25) is 0 Å². The van der Waals surface area contributed by atoms with Crippen molar-refractivity contribution in [3.05, 3.63) is 48.2 Å². The van der Waals surface area contributed by atoms with Crippen molar-refractivity contribution in [1.29, 1.82) is 0 Å². The van der Waals surface area contributed by atoms with Gasteiger partial charge in [0, 0.05) is 17.5 Å². The molecule has 24 heavy (non-hydrogen) atoms. The number of hydrogen-bond acceptors (Lipinski definition) is 4. The lowest BCUT2D eigenvalue weighted by Crippen LogP contribution is -2.51. The standard InChI is InChI=1S/C20H23N3O/c1-11-9-16(21-15-8-6-5-7-13(11)15)23-20(24)10-14-18(19(14,3)4)17(20)12(2)22-23/h5-9,14,17-18,22,24H,2,10H2,1,3-4H3. The molecule has 4 unspecified atom stereocenters.